The summed E-state index contributed by atoms with van der Waals surface area (Å²) in [7, 11) is 2.10. The van der Waals surface area contributed by atoms with Gasteiger partial charge in [0, 0.05) is 13.1 Å². The zero-order valence-electron chi connectivity index (χ0n) is 10.9. The molecule has 2 heteroatoms. The zero-order valence-corrected chi connectivity index (χ0v) is 10.9. The molecule has 17 heavy (non-hydrogen) atoms. The quantitative estimate of drug-likeness (QED) is 0.814. The molecule has 2 nitrogen and oxygen atoms in total. The summed E-state index contributed by atoms with van der Waals surface area (Å²) in [6, 6.07) is 8.71. The minimum atomic E-state index is -0.113. The standard InChI is InChI=1S/C15H23NO/c1-12-3-5-13(6-4-12)9-10-16(2)11-15(17)14-7-8-14/h3-6,14-15,17H,7-11H2,1-2H3. The third-order valence-corrected chi connectivity index (χ3v) is 3.57. The second-order valence-electron chi connectivity index (χ2n) is 5.40. The zero-order chi connectivity index (χ0) is 12.3. The first-order valence-corrected chi connectivity index (χ1v) is 6.57. The molecule has 0 radical (unpaired) electrons. The molecule has 1 aromatic rings. The van der Waals surface area contributed by atoms with E-state index in [0.29, 0.717) is 5.92 Å². The first kappa shape index (κ1) is 12.6. The average Bonchev–Trinajstić information content (AvgIpc) is 3.12. The first-order valence-electron chi connectivity index (χ1n) is 6.57. The summed E-state index contributed by atoms with van der Waals surface area (Å²) >= 11 is 0. The summed E-state index contributed by atoms with van der Waals surface area (Å²) in [5.41, 5.74) is 2.69. The predicted octanol–water partition coefficient (Wildman–Crippen LogP) is 2.24. The molecule has 1 unspecified atom stereocenters. The summed E-state index contributed by atoms with van der Waals surface area (Å²) in [5, 5.41) is 9.85. The smallest absolute Gasteiger partial charge is 0.0695 e. The Morgan fingerprint density at radius 2 is 1.94 bits per heavy atom. The molecule has 1 aliphatic rings. The molecule has 1 aliphatic carbocycles. The lowest BCUT2D eigenvalue weighted by molar-refractivity contribution is 0.107. The molecule has 0 saturated heterocycles. The molecule has 1 aromatic carbocycles. The predicted molar refractivity (Wildman–Crippen MR) is 71.1 cm³/mol. The molecular weight excluding hydrogens is 210 g/mol. The maximum Gasteiger partial charge on any atom is 0.0695 e. The highest BCUT2D eigenvalue weighted by Crippen LogP contribution is 2.32. The van der Waals surface area contributed by atoms with Crippen LogP contribution < -0.4 is 0 Å². The van der Waals surface area contributed by atoms with Crippen molar-refractivity contribution in [2.24, 2.45) is 5.92 Å². The number of aliphatic hydroxyl groups excluding tert-OH is 1. The van der Waals surface area contributed by atoms with Gasteiger partial charge in [0.1, 0.15) is 0 Å². The van der Waals surface area contributed by atoms with Crippen LogP contribution >= 0.6 is 0 Å². The van der Waals surface area contributed by atoms with E-state index in [1.165, 1.54) is 24.0 Å². The minimum Gasteiger partial charge on any atom is -0.392 e. The second kappa shape index (κ2) is 5.65. The Kier molecular flexibility index (Phi) is 4.19. The Balaban J connectivity index is 1.71. The largest absolute Gasteiger partial charge is 0.392 e. The third-order valence-electron chi connectivity index (χ3n) is 3.57. The number of aryl methyl sites for hydroxylation is 1. The molecular formula is C15H23NO. The van der Waals surface area contributed by atoms with E-state index < -0.39 is 0 Å². The third kappa shape index (κ3) is 4.14. The van der Waals surface area contributed by atoms with Crippen LogP contribution in [0.3, 0.4) is 0 Å². The Morgan fingerprint density at radius 1 is 1.29 bits per heavy atom. The van der Waals surface area contributed by atoms with E-state index in [0.717, 1.165) is 19.5 Å². The molecule has 0 spiro atoms. The lowest BCUT2D eigenvalue weighted by atomic mass is 10.1. The number of benzene rings is 1. The number of likely N-dealkylation sites (N-methyl/N-ethyl adjacent to an activating group) is 1. The Morgan fingerprint density at radius 3 is 2.53 bits per heavy atom. The van der Waals surface area contributed by atoms with E-state index in [9.17, 15) is 5.11 Å². The fourth-order valence-corrected chi connectivity index (χ4v) is 2.12. The maximum absolute atomic E-state index is 9.85. The highest BCUT2D eigenvalue weighted by Gasteiger charge is 2.30. The van der Waals surface area contributed by atoms with Crippen molar-refractivity contribution < 1.29 is 5.11 Å². The van der Waals surface area contributed by atoms with Crippen molar-refractivity contribution in [3.8, 4) is 0 Å². The van der Waals surface area contributed by atoms with Crippen molar-refractivity contribution in [1.29, 1.82) is 0 Å². The van der Waals surface area contributed by atoms with Gasteiger partial charge >= 0.3 is 0 Å². The second-order valence-corrected chi connectivity index (χ2v) is 5.40. The highest BCUT2D eigenvalue weighted by atomic mass is 16.3. The van der Waals surface area contributed by atoms with Gasteiger partial charge in [0.05, 0.1) is 6.10 Å². The fourth-order valence-electron chi connectivity index (χ4n) is 2.12. The van der Waals surface area contributed by atoms with Gasteiger partial charge < -0.3 is 10.0 Å². The molecule has 0 amide bonds. The van der Waals surface area contributed by atoms with Gasteiger partial charge in [0.25, 0.3) is 0 Å². The average molecular weight is 233 g/mol. The SMILES string of the molecule is Cc1ccc(CCN(C)CC(O)C2CC2)cc1. The van der Waals surface area contributed by atoms with Crippen LogP contribution in [-0.2, 0) is 6.42 Å². The highest BCUT2D eigenvalue weighted by molar-refractivity contribution is 5.21. The van der Waals surface area contributed by atoms with Crippen molar-refractivity contribution in [1.82, 2.24) is 4.90 Å². The summed E-state index contributed by atoms with van der Waals surface area (Å²) in [4.78, 5) is 2.24. The lowest BCUT2D eigenvalue weighted by Crippen LogP contribution is -2.31. The van der Waals surface area contributed by atoms with Crippen LogP contribution in [0.1, 0.15) is 24.0 Å². The number of nitrogens with zero attached hydrogens (tertiary/aromatic N) is 1. The first-order chi connectivity index (χ1) is 8.15. The fraction of sp³-hybridized carbons (Fsp3) is 0.600. The maximum atomic E-state index is 9.85. The topological polar surface area (TPSA) is 23.5 Å². The van der Waals surface area contributed by atoms with E-state index in [-0.39, 0.29) is 6.10 Å². The van der Waals surface area contributed by atoms with Crippen molar-refractivity contribution in [3.63, 3.8) is 0 Å². The van der Waals surface area contributed by atoms with E-state index in [1.807, 2.05) is 0 Å². The van der Waals surface area contributed by atoms with E-state index >= 15 is 0 Å². The van der Waals surface area contributed by atoms with E-state index in [4.69, 9.17) is 0 Å². The van der Waals surface area contributed by atoms with Crippen LogP contribution in [0.5, 0.6) is 0 Å². The van der Waals surface area contributed by atoms with Gasteiger partial charge in [0.15, 0.2) is 0 Å². The van der Waals surface area contributed by atoms with E-state index in [2.05, 4.69) is 43.1 Å². The molecule has 1 fully saturated rings. The van der Waals surface area contributed by atoms with Crippen LogP contribution in [-0.4, -0.2) is 36.2 Å². The molecule has 1 atom stereocenters. The van der Waals surface area contributed by atoms with Crippen molar-refractivity contribution >= 4 is 0 Å². The summed E-state index contributed by atoms with van der Waals surface area (Å²) in [6.45, 7) is 3.95. The van der Waals surface area contributed by atoms with Crippen LogP contribution in [0.15, 0.2) is 24.3 Å². The molecule has 0 aliphatic heterocycles. The molecule has 1 saturated carbocycles. The number of rotatable bonds is 6. The van der Waals surface area contributed by atoms with Crippen LogP contribution in [0.25, 0.3) is 0 Å². The Labute approximate surface area is 104 Å². The molecule has 1 N–H and O–H groups in total. The van der Waals surface area contributed by atoms with Gasteiger partial charge in [0.2, 0.25) is 0 Å². The van der Waals surface area contributed by atoms with Gasteiger partial charge in [-0.25, -0.2) is 0 Å². The van der Waals surface area contributed by atoms with Crippen molar-refractivity contribution in [3.05, 3.63) is 35.4 Å². The van der Waals surface area contributed by atoms with Crippen LogP contribution in [0.4, 0.5) is 0 Å². The van der Waals surface area contributed by atoms with Gasteiger partial charge in [-0.1, -0.05) is 29.8 Å². The lowest BCUT2D eigenvalue weighted by Gasteiger charge is -2.20. The normalized spacial score (nSPS) is 17.4. The van der Waals surface area contributed by atoms with Gasteiger partial charge in [-0.15, -0.1) is 0 Å². The minimum absolute atomic E-state index is 0.113. The van der Waals surface area contributed by atoms with Gasteiger partial charge in [-0.3, -0.25) is 0 Å². The summed E-state index contributed by atoms with van der Waals surface area (Å²) < 4.78 is 0. The molecule has 0 bridgehead atoms. The van der Waals surface area contributed by atoms with E-state index in [1.54, 1.807) is 0 Å². The van der Waals surface area contributed by atoms with Crippen LogP contribution in [0.2, 0.25) is 0 Å². The van der Waals surface area contributed by atoms with Crippen molar-refractivity contribution in [2.45, 2.75) is 32.3 Å². The summed E-state index contributed by atoms with van der Waals surface area (Å²) in [6.07, 6.45) is 3.38. The number of hydrogen-bond donors (Lipinski definition) is 1. The number of hydrogen-bond acceptors (Lipinski definition) is 2. The Bertz CT molecular complexity index is 342. The van der Waals surface area contributed by atoms with Crippen molar-refractivity contribution in [2.75, 3.05) is 20.1 Å². The molecule has 0 heterocycles. The number of aliphatic hydroxyl groups is 1. The van der Waals surface area contributed by atoms with Gasteiger partial charge in [-0.05, 0) is 44.7 Å². The van der Waals surface area contributed by atoms with Gasteiger partial charge in [-0.2, -0.15) is 0 Å². The molecule has 94 valence electrons. The monoisotopic (exact) mass is 233 g/mol. The van der Waals surface area contributed by atoms with Crippen LogP contribution in [0, 0.1) is 12.8 Å². The summed E-state index contributed by atoms with van der Waals surface area (Å²) in [5.74, 6) is 0.580. The molecule has 2 rings (SSSR count). The molecule has 0 aromatic heterocycles. The Hall–Kier alpha value is -0.860.